The molecular formula is C20H21FN2O2. The molecule has 2 aromatic carbocycles. The number of nitrogens with zero attached hydrogens (tertiary/aromatic N) is 1. The van der Waals surface area contributed by atoms with Crippen LogP contribution in [-0.2, 0) is 16.0 Å². The van der Waals surface area contributed by atoms with Crippen LogP contribution < -0.4 is 10.2 Å². The molecule has 4 nitrogen and oxygen atoms in total. The van der Waals surface area contributed by atoms with Gasteiger partial charge in [0.15, 0.2) is 0 Å². The number of carbonyl (C=O) groups is 2. The summed E-state index contributed by atoms with van der Waals surface area (Å²) in [6, 6.07) is 14.6. The van der Waals surface area contributed by atoms with E-state index in [2.05, 4.69) is 5.32 Å². The van der Waals surface area contributed by atoms with Crippen molar-refractivity contribution in [3.05, 3.63) is 65.5 Å². The quantitative estimate of drug-likeness (QED) is 0.910. The van der Waals surface area contributed by atoms with Gasteiger partial charge in [-0.25, -0.2) is 4.39 Å². The summed E-state index contributed by atoms with van der Waals surface area (Å²) >= 11 is 0. The number of nitrogens with one attached hydrogen (secondary N) is 1. The molecule has 1 atom stereocenters. The van der Waals surface area contributed by atoms with Crippen molar-refractivity contribution in [2.75, 3.05) is 18.0 Å². The zero-order chi connectivity index (χ0) is 17.8. The molecule has 25 heavy (non-hydrogen) atoms. The molecule has 0 bridgehead atoms. The van der Waals surface area contributed by atoms with E-state index < -0.39 is 5.92 Å². The number of hydrogen-bond donors (Lipinski definition) is 1. The minimum absolute atomic E-state index is 0.126. The molecule has 130 valence electrons. The van der Waals surface area contributed by atoms with Crippen molar-refractivity contribution in [1.82, 2.24) is 5.32 Å². The molecule has 2 amide bonds. The third-order valence-corrected chi connectivity index (χ3v) is 4.52. The van der Waals surface area contributed by atoms with Gasteiger partial charge in [0.2, 0.25) is 11.8 Å². The second kappa shape index (κ2) is 7.47. The molecule has 0 unspecified atom stereocenters. The van der Waals surface area contributed by atoms with Gasteiger partial charge in [-0.1, -0.05) is 36.4 Å². The molecule has 1 N–H and O–H groups in total. The second-order valence-corrected chi connectivity index (χ2v) is 6.37. The molecule has 0 saturated carbocycles. The van der Waals surface area contributed by atoms with E-state index in [1.807, 2.05) is 30.3 Å². The molecule has 1 fully saturated rings. The van der Waals surface area contributed by atoms with Crippen LogP contribution in [0.1, 0.15) is 17.5 Å². The maximum absolute atomic E-state index is 13.7. The molecule has 1 saturated heterocycles. The number of benzene rings is 2. The van der Waals surface area contributed by atoms with Crippen LogP contribution in [0.3, 0.4) is 0 Å². The minimum Gasteiger partial charge on any atom is -0.355 e. The summed E-state index contributed by atoms with van der Waals surface area (Å²) in [6.45, 7) is 2.50. The van der Waals surface area contributed by atoms with E-state index in [0.29, 0.717) is 24.3 Å². The van der Waals surface area contributed by atoms with E-state index in [4.69, 9.17) is 0 Å². The molecule has 1 aliphatic heterocycles. The zero-order valence-corrected chi connectivity index (χ0v) is 14.2. The smallest absolute Gasteiger partial charge is 0.227 e. The van der Waals surface area contributed by atoms with Gasteiger partial charge in [0.05, 0.1) is 5.92 Å². The Kier molecular flexibility index (Phi) is 5.12. The van der Waals surface area contributed by atoms with E-state index in [0.717, 1.165) is 12.0 Å². The third kappa shape index (κ3) is 4.05. The molecule has 3 rings (SSSR count). The van der Waals surface area contributed by atoms with Crippen LogP contribution >= 0.6 is 0 Å². The maximum atomic E-state index is 13.7. The van der Waals surface area contributed by atoms with Crippen LogP contribution in [0.5, 0.6) is 0 Å². The average Bonchev–Trinajstić information content (AvgIpc) is 3.00. The summed E-state index contributed by atoms with van der Waals surface area (Å²) in [6.07, 6.45) is 0.910. The lowest BCUT2D eigenvalue weighted by Gasteiger charge is -2.17. The standard InChI is InChI=1S/C20H21FN2O2/c1-14-7-8-17(12-18(14)21)23-13-16(11-19(23)24)20(25)22-10-9-15-5-3-2-4-6-15/h2-8,12,16H,9-11,13H2,1H3,(H,22,25)/t16-/m0/s1. The molecule has 2 aromatic rings. The van der Waals surface area contributed by atoms with E-state index >= 15 is 0 Å². The summed E-state index contributed by atoms with van der Waals surface area (Å²) in [5.41, 5.74) is 2.19. The fourth-order valence-corrected chi connectivity index (χ4v) is 3.00. The van der Waals surface area contributed by atoms with Gasteiger partial charge in [0, 0.05) is 25.2 Å². The van der Waals surface area contributed by atoms with Gasteiger partial charge in [-0.05, 0) is 36.6 Å². The first kappa shape index (κ1) is 17.1. The lowest BCUT2D eigenvalue weighted by Crippen LogP contribution is -2.34. The van der Waals surface area contributed by atoms with Crippen molar-refractivity contribution in [1.29, 1.82) is 0 Å². The molecule has 0 radical (unpaired) electrons. The highest BCUT2D eigenvalue weighted by molar-refractivity contribution is 6.00. The number of anilines is 1. The maximum Gasteiger partial charge on any atom is 0.227 e. The van der Waals surface area contributed by atoms with Crippen LogP contribution in [0.4, 0.5) is 10.1 Å². The fraction of sp³-hybridized carbons (Fsp3) is 0.300. The summed E-state index contributed by atoms with van der Waals surface area (Å²) in [7, 11) is 0. The largest absolute Gasteiger partial charge is 0.355 e. The fourth-order valence-electron chi connectivity index (χ4n) is 3.00. The summed E-state index contributed by atoms with van der Waals surface area (Å²) in [4.78, 5) is 26.0. The van der Waals surface area contributed by atoms with Gasteiger partial charge in [-0.3, -0.25) is 9.59 Å². The van der Waals surface area contributed by atoms with Crippen molar-refractivity contribution in [3.63, 3.8) is 0 Å². The van der Waals surface area contributed by atoms with Crippen molar-refractivity contribution in [2.45, 2.75) is 19.8 Å². The summed E-state index contributed by atoms with van der Waals surface area (Å²) < 4.78 is 13.7. The third-order valence-electron chi connectivity index (χ3n) is 4.52. The molecular weight excluding hydrogens is 319 g/mol. The highest BCUT2D eigenvalue weighted by Gasteiger charge is 2.35. The first-order valence-electron chi connectivity index (χ1n) is 8.43. The number of amides is 2. The topological polar surface area (TPSA) is 49.4 Å². The van der Waals surface area contributed by atoms with Gasteiger partial charge in [0.1, 0.15) is 5.82 Å². The van der Waals surface area contributed by atoms with Crippen molar-refractivity contribution >= 4 is 17.5 Å². The van der Waals surface area contributed by atoms with Crippen molar-refractivity contribution in [3.8, 4) is 0 Å². The molecule has 0 aliphatic carbocycles. The highest BCUT2D eigenvalue weighted by atomic mass is 19.1. The molecule has 0 aromatic heterocycles. The summed E-state index contributed by atoms with van der Waals surface area (Å²) in [5, 5.41) is 2.89. The lowest BCUT2D eigenvalue weighted by atomic mass is 10.1. The normalized spacial score (nSPS) is 17.0. The second-order valence-electron chi connectivity index (χ2n) is 6.37. The Hall–Kier alpha value is -2.69. The van der Waals surface area contributed by atoms with Gasteiger partial charge in [0.25, 0.3) is 0 Å². The van der Waals surface area contributed by atoms with Gasteiger partial charge >= 0.3 is 0 Å². The number of rotatable bonds is 5. The van der Waals surface area contributed by atoms with Crippen LogP contribution in [0.2, 0.25) is 0 Å². The van der Waals surface area contributed by atoms with Crippen LogP contribution in [0, 0.1) is 18.7 Å². The predicted octanol–water partition coefficient (Wildman–Crippen LogP) is 2.85. The van der Waals surface area contributed by atoms with Gasteiger partial charge in [-0.2, -0.15) is 0 Å². The Balaban J connectivity index is 1.56. The minimum atomic E-state index is -0.396. The summed E-state index contributed by atoms with van der Waals surface area (Å²) in [5.74, 6) is -1.01. The molecule has 1 heterocycles. The number of hydrogen-bond acceptors (Lipinski definition) is 2. The number of halogens is 1. The van der Waals surface area contributed by atoms with E-state index in [9.17, 15) is 14.0 Å². The Morgan fingerprint density at radius 3 is 2.72 bits per heavy atom. The highest BCUT2D eigenvalue weighted by Crippen LogP contribution is 2.26. The Labute approximate surface area is 146 Å². The number of aryl methyl sites for hydroxylation is 1. The molecule has 0 spiro atoms. The monoisotopic (exact) mass is 340 g/mol. The van der Waals surface area contributed by atoms with Crippen LogP contribution in [-0.4, -0.2) is 24.9 Å². The van der Waals surface area contributed by atoms with Gasteiger partial charge < -0.3 is 10.2 Å². The van der Waals surface area contributed by atoms with Gasteiger partial charge in [-0.15, -0.1) is 0 Å². The van der Waals surface area contributed by atoms with Crippen LogP contribution in [0.25, 0.3) is 0 Å². The van der Waals surface area contributed by atoms with Crippen LogP contribution in [0.15, 0.2) is 48.5 Å². The Bertz CT molecular complexity index is 777. The first-order chi connectivity index (χ1) is 12.0. The zero-order valence-electron chi connectivity index (χ0n) is 14.2. The van der Waals surface area contributed by atoms with Crippen molar-refractivity contribution in [2.24, 2.45) is 5.92 Å². The lowest BCUT2D eigenvalue weighted by molar-refractivity contribution is -0.126. The van der Waals surface area contributed by atoms with E-state index in [-0.39, 0.29) is 24.1 Å². The number of carbonyl (C=O) groups excluding carboxylic acids is 2. The average molecular weight is 340 g/mol. The van der Waals surface area contributed by atoms with E-state index in [1.54, 1.807) is 19.1 Å². The molecule has 5 heteroatoms. The molecule has 1 aliphatic rings. The van der Waals surface area contributed by atoms with Crippen molar-refractivity contribution < 1.29 is 14.0 Å². The SMILES string of the molecule is Cc1ccc(N2C[C@@H](C(=O)NCCc3ccccc3)CC2=O)cc1F. The Morgan fingerprint density at radius 1 is 1.24 bits per heavy atom. The predicted molar refractivity (Wildman–Crippen MR) is 94.8 cm³/mol. The first-order valence-corrected chi connectivity index (χ1v) is 8.43. The Morgan fingerprint density at radius 2 is 2.00 bits per heavy atom. The van der Waals surface area contributed by atoms with E-state index in [1.165, 1.54) is 11.0 Å².